The van der Waals surface area contributed by atoms with Crippen LogP contribution in [-0.2, 0) is 0 Å². The monoisotopic (exact) mass is 391 g/mol. The molecule has 1 N–H and O–H groups in total. The zero-order chi connectivity index (χ0) is 19.7. The van der Waals surface area contributed by atoms with Crippen molar-refractivity contribution >= 4 is 27.9 Å². The van der Waals surface area contributed by atoms with Gasteiger partial charge in [0.2, 0.25) is 0 Å². The van der Waals surface area contributed by atoms with E-state index in [1.54, 1.807) is 13.2 Å². The fourth-order valence-corrected chi connectivity index (χ4v) is 3.81. The van der Waals surface area contributed by atoms with Gasteiger partial charge in [0, 0.05) is 22.8 Å². The van der Waals surface area contributed by atoms with Crippen LogP contribution < -0.4 is 15.6 Å². The molecule has 6 nitrogen and oxygen atoms in total. The number of hydrogen-bond donors (Lipinski definition) is 1. The standard InChI is InChI=1S/C21H17N3O3S/c1-13-5-3-7-15(9-13)23-19(25)17-11-22-21-24(20(17)26)18(12-28-21)14-6-4-8-16(10-14)27-2/h3-12H,1-2H3,(H,23,25). The van der Waals surface area contributed by atoms with Crippen molar-refractivity contribution in [3.05, 3.63) is 81.6 Å². The molecule has 28 heavy (non-hydrogen) atoms. The summed E-state index contributed by atoms with van der Waals surface area (Å²) in [4.78, 5) is 30.6. The molecule has 0 aliphatic rings. The van der Waals surface area contributed by atoms with Crippen LogP contribution in [0.1, 0.15) is 15.9 Å². The Labute approximate surface area is 165 Å². The second-order valence-electron chi connectivity index (χ2n) is 6.27. The van der Waals surface area contributed by atoms with Crippen molar-refractivity contribution in [1.82, 2.24) is 9.38 Å². The van der Waals surface area contributed by atoms with Crippen LogP contribution in [0.2, 0.25) is 0 Å². The molecule has 0 unspecified atom stereocenters. The molecule has 0 aliphatic heterocycles. The van der Waals surface area contributed by atoms with E-state index in [2.05, 4.69) is 10.3 Å². The van der Waals surface area contributed by atoms with Crippen LogP contribution >= 0.6 is 11.3 Å². The molecule has 4 aromatic rings. The number of hydrogen-bond acceptors (Lipinski definition) is 5. The van der Waals surface area contributed by atoms with Crippen LogP contribution in [0.15, 0.2) is 64.9 Å². The lowest BCUT2D eigenvalue weighted by atomic mass is 10.1. The number of benzene rings is 2. The highest BCUT2D eigenvalue weighted by Crippen LogP contribution is 2.27. The van der Waals surface area contributed by atoms with Gasteiger partial charge in [-0.15, -0.1) is 11.3 Å². The normalized spacial score (nSPS) is 10.8. The smallest absolute Gasteiger partial charge is 0.271 e. The van der Waals surface area contributed by atoms with E-state index in [4.69, 9.17) is 4.74 Å². The number of nitrogens with one attached hydrogen (secondary N) is 1. The van der Waals surface area contributed by atoms with Gasteiger partial charge in [0.1, 0.15) is 11.3 Å². The van der Waals surface area contributed by atoms with Gasteiger partial charge in [-0.1, -0.05) is 24.3 Å². The van der Waals surface area contributed by atoms with Crippen LogP contribution in [-0.4, -0.2) is 22.4 Å². The zero-order valence-electron chi connectivity index (χ0n) is 15.3. The number of fused-ring (bicyclic) bond motifs is 1. The number of aryl methyl sites for hydroxylation is 1. The molecule has 1 amide bonds. The molecule has 0 saturated carbocycles. The summed E-state index contributed by atoms with van der Waals surface area (Å²) in [5.74, 6) is 0.200. The van der Waals surface area contributed by atoms with Gasteiger partial charge < -0.3 is 10.1 Å². The van der Waals surface area contributed by atoms with Crippen LogP contribution in [0.25, 0.3) is 16.2 Å². The van der Waals surface area contributed by atoms with E-state index >= 15 is 0 Å². The SMILES string of the molecule is COc1cccc(-c2csc3ncc(C(=O)Nc4cccc(C)c4)c(=O)n23)c1. The minimum atomic E-state index is -0.486. The van der Waals surface area contributed by atoms with Gasteiger partial charge in [0.15, 0.2) is 4.96 Å². The van der Waals surface area contributed by atoms with Crippen molar-refractivity contribution < 1.29 is 9.53 Å². The first-order valence-corrected chi connectivity index (χ1v) is 9.46. The Morgan fingerprint density at radius 2 is 2.00 bits per heavy atom. The third-order valence-corrected chi connectivity index (χ3v) is 5.17. The summed E-state index contributed by atoms with van der Waals surface area (Å²) in [7, 11) is 1.59. The summed E-state index contributed by atoms with van der Waals surface area (Å²) >= 11 is 1.34. The topological polar surface area (TPSA) is 72.7 Å². The molecule has 0 atom stereocenters. The van der Waals surface area contributed by atoms with Gasteiger partial charge in [0.25, 0.3) is 11.5 Å². The van der Waals surface area contributed by atoms with Crippen LogP contribution in [0.4, 0.5) is 5.69 Å². The average Bonchev–Trinajstić information content (AvgIpc) is 3.13. The Bertz CT molecular complexity index is 1240. The predicted molar refractivity (Wildman–Crippen MR) is 110 cm³/mol. The lowest BCUT2D eigenvalue weighted by Crippen LogP contribution is -2.26. The Kier molecular flexibility index (Phi) is 4.67. The van der Waals surface area contributed by atoms with Gasteiger partial charge in [0.05, 0.1) is 12.8 Å². The van der Waals surface area contributed by atoms with E-state index in [0.717, 1.165) is 11.1 Å². The molecule has 0 spiro atoms. The van der Waals surface area contributed by atoms with Gasteiger partial charge in [-0.05, 0) is 36.8 Å². The zero-order valence-corrected chi connectivity index (χ0v) is 16.1. The lowest BCUT2D eigenvalue weighted by Gasteiger charge is -2.07. The summed E-state index contributed by atoms with van der Waals surface area (Å²) in [5, 5.41) is 4.61. The van der Waals surface area contributed by atoms with Crippen LogP contribution in [0, 0.1) is 6.92 Å². The maximum absolute atomic E-state index is 13.1. The number of rotatable bonds is 4. The molecule has 0 fully saturated rings. The Hall–Kier alpha value is -3.45. The van der Waals surface area contributed by atoms with E-state index in [-0.39, 0.29) is 5.56 Å². The Morgan fingerprint density at radius 3 is 2.79 bits per heavy atom. The quantitative estimate of drug-likeness (QED) is 0.571. The Morgan fingerprint density at radius 1 is 1.18 bits per heavy atom. The van der Waals surface area contributed by atoms with E-state index in [9.17, 15) is 9.59 Å². The van der Waals surface area contributed by atoms with Gasteiger partial charge in [-0.3, -0.25) is 14.0 Å². The molecule has 0 radical (unpaired) electrons. The Balaban J connectivity index is 1.78. The first-order chi connectivity index (χ1) is 13.6. The molecular weight excluding hydrogens is 374 g/mol. The minimum Gasteiger partial charge on any atom is -0.497 e. The van der Waals surface area contributed by atoms with E-state index < -0.39 is 11.5 Å². The number of amides is 1. The maximum atomic E-state index is 13.1. The molecule has 2 aromatic heterocycles. The fraction of sp³-hybridized carbons (Fsp3) is 0.0952. The molecular formula is C21H17N3O3S. The van der Waals surface area contributed by atoms with E-state index in [1.165, 1.54) is 21.9 Å². The number of anilines is 1. The number of thiazole rings is 1. The van der Waals surface area contributed by atoms with Crippen molar-refractivity contribution in [2.24, 2.45) is 0 Å². The predicted octanol–water partition coefficient (Wildman–Crippen LogP) is 3.99. The molecule has 0 saturated heterocycles. The number of carbonyl (C=O) groups excluding carboxylic acids is 1. The number of methoxy groups -OCH3 is 1. The number of nitrogens with zero attached hydrogens (tertiary/aromatic N) is 2. The number of aromatic nitrogens is 2. The summed E-state index contributed by atoms with van der Waals surface area (Å²) < 4.78 is 6.73. The highest BCUT2D eigenvalue weighted by atomic mass is 32.1. The fourth-order valence-electron chi connectivity index (χ4n) is 2.95. The van der Waals surface area contributed by atoms with Crippen molar-refractivity contribution in [2.45, 2.75) is 6.92 Å². The molecule has 2 aromatic carbocycles. The third-order valence-electron chi connectivity index (χ3n) is 4.33. The molecule has 0 aliphatic carbocycles. The lowest BCUT2D eigenvalue weighted by molar-refractivity contribution is 0.102. The van der Waals surface area contributed by atoms with Crippen LogP contribution in [0.5, 0.6) is 5.75 Å². The molecule has 0 bridgehead atoms. The average molecular weight is 391 g/mol. The first kappa shape index (κ1) is 17.9. The summed E-state index contributed by atoms with van der Waals surface area (Å²) in [5.41, 5.74) is 2.71. The number of carbonyl (C=O) groups is 1. The second kappa shape index (κ2) is 7.28. The summed E-state index contributed by atoms with van der Waals surface area (Å²) in [6.45, 7) is 1.93. The highest BCUT2D eigenvalue weighted by Gasteiger charge is 2.17. The largest absolute Gasteiger partial charge is 0.497 e. The first-order valence-electron chi connectivity index (χ1n) is 8.58. The van der Waals surface area contributed by atoms with E-state index in [1.807, 2.05) is 54.8 Å². The van der Waals surface area contributed by atoms with Gasteiger partial charge in [-0.25, -0.2) is 4.98 Å². The summed E-state index contributed by atoms with van der Waals surface area (Å²) in [6, 6.07) is 14.8. The molecule has 4 rings (SSSR count). The highest BCUT2D eigenvalue weighted by molar-refractivity contribution is 7.15. The van der Waals surface area contributed by atoms with Crippen molar-refractivity contribution in [3.63, 3.8) is 0 Å². The molecule has 140 valence electrons. The maximum Gasteiger partial charge on any atom is 0.271 e. The van der Waals surface area contributed by atoms with Gasteiger partial charge in [-0.2, -0.15) is 0 Å². The van der Waals surface area contributed by atoms with Gasteiger partial charge >= 0.3 is 0 Å². The number of ether oxygens (including phenoxy) is 1. The minimum absolute atomic E-state index is 0.0125. The van der Waals surface area contributed by atoms with Crippen molar-refractivity contribution in [2.75, 3.05) is 12.4 Å². The molecule has 7 heteroatoms. The van der Waals surface area contributed by atoms with E-state index in [0.29, 0.717) is 22.1 Å². The third kappa shape index (κ3) is 3.27. The second-order valence-corrected chi connectivity index (χ2v) is 7.11. The van der Waals surface area contributed by atoms with Crippen LogP contribution in [0.3, 0.4) is 0 Å². The van der Waals surface area contributed by atoms with Crippen molar-refractivity contribution in [1.29, 1.82) is 0 Å². The molecule has 2 heterocycles. The summed E-state index contributed by atoms with van der Waals surface area (Å²) in [6.07, 6.45) is 1.33. The van der Waals surface area contributed by atoms with Crippen molar-refractivity contribution in [3.8, 4) is 17.0 Å².